The van der Waals surface area contributed by atoms with E-state index in [4.69, 9.17) is 0 Å². The van der Waals surface area contributed by atoms with Crippen LogP contribution in [-0.4, -0.2) is 36.9 Å². The predicted octanol–water partition coefficient (Wildman–Crippen LogP) is 1.12. The van der Waals surface area contributed by atoms with Gasteiger partial charge in [-0.25, -0.2) is 8.78 Å². The molecule has 0 saturated heterocycles. The van der Waals surface area contributed by atoms with Gasteiger partial charge in [-0.3, -0.25) is 14.4 Å². The molecular formula is C16H21F2N3O3. The third-order valence-corrected chi connectivity index (χ3v) is 3.23. The second-order valence-electron chi connectivity index (χ2n) is 5.32. The van der Waals surface area contributed by atoms with Crippen LogP contribution in [0.1, 0.15) is 37.0 Å². The van der Waals surface area contributed by atoms with Crippen molar-refractivity contribution in [3.8, 4) is 0 Å². The molecule has 0 radical (unpaired) electrons. The molecule has 8 heteroatoms. The summed E-state index contributed by atoms with van der Waals surface area (Å²) in [7, 11) is 0. The van der Waals surface area contributed by atoms with Crippen LogP contribution in [0.2, 0.25) is 0 Å². The molecular weight excluding hydrogens is 320 g/mol. The van der Waals surface area contributed by atoms with Crippen molar-refractivity contribution in [2.75, 3.05) is 13.1 Å². The van der Waals surface area contributed by atoms with Crippen LogP contribution in [0.4, 0.5) is 8.78 Å². The maximum absolute atomic E-state index is 13.0. The van der Waals surface area contributed by atoms with Crippen molar-refractivity contribution in [2.45, 2.75) is 32.7 Å². The van der Waals surface area contributed by atoms with Crippen molar-refractivity contribution < 1.29 is 23.2 Å². The summed E-state index contributed by atoms with van der Waals surface area (Å²) in [4.78, 5) is 34.8. The van der Waals surface area contributed by atoms with Crippen molar-refractivity contribution in [2.24, 2.45) is 0 Å². The highest BCUT2D eigenvalue weighted by atomic mass is 19.1. The monoisotopic (exact) mass is 341 g/mol. The minimum absolute atomic E-state index is 0.0687. The minimum Gasteiger partial charge on any atom is -0.354 e. The van der Waals surface area contributed by atoms with Gasteiger partial charge in [0.25, 0.3) is 5.91 Å². The summed E-state index contributed by atoms with van der Waals surface area (Å²) in [6.45, 7) is 3.59. The molecule has 1 aromatic rings. The quantitative estimate of drug-likeness (QED) is 0.662. The van der Waals surface area contributed by atoms with Gasteiger partial charge in [-0.15, -0.1) is 0 Å². The van der Waals surface area contributed by atoms with Crippen LogP contribution in [0.3, 0.4) is 0 Å². The zero-order valence-corrected chi connectivity index (χ0v) is 13.6. The smallest absolute Gasteiger partial charge is 0.251 e. The number of amides is 3. The van der Waals surface area contributed by atoms with E-state index in [9.17, 15) is 23.2 Å². The molecule has 0 aliphatic rings. The Morgan fingerprint density at radius 1 is 1.04 bits per heavy atom. The van der Waals surface area contributed by atoms with Crippen molar-refractivity contribution in [1.82, 2.24) is 16.0 Å². The standard InChI is InChI=1S/C16H21F2N3O3/c1-3-10(2)21-14(22)4-5-19-15(23)9-20-16(24)11-6-12(17)8-13(18)7-11/h6-8,10H,3-5,9H2,1-2H3,(H,19,23)(H,20,24)(H,21,22)/t10-/m1/s1. The second-order valence-corrected chi connectivity index (χ2v) is 5.32. The molecule has 0 aliphatic heterocycles. The molecule has 0 saturated carbocycles. The van der Waals surface area contributed by atoms with Gasteiger partial charge in [0.1, 0.15) is 11.6 Å². The highest BCUT2D eigenvalue weighted by Gasteiger charge is 2.11. The van der Waals surface area contributed by atoms with E-state index in [1.165, 1.54) is 0 Å². The Balaban J connectivity index is 2.31. The first-order chi connectivity index (χ1) is 11.3. The molecule has 6 nitrogen and oxygen atoms in total. The molecule has 0 fully saturated rings. The molecule has 1 rings (SSSR count). The molecule has 0 unspecified atom stereocenters. The van der Waals surface area contributed by atoms with Gasteiger partial charge in [0.05, 0.1) is 6.54 Å². The number of hydrogen-bond acceptors (Lipinski definition) is 3. The van der Waals surface area contributed by atoms with Gasteiger partial charge in [-0.1, -0.05) is 6.92 Å². The van der Waals surface area contributed by atoms with E-state index in [1.807, 2.05) is 13.8 Å². The lowest BCUT2D eigenvalue weighted by Crippen LogP contribution is -2.39. The van der Waals surface area contributed by atoms with Gasteiger partial charge in [-0.2, -0.15) is 0 Å². The van der Waals surface area contributed by atoms with E-state index < -0.39 is 23.4 Å². The fraction of sp³-hybridized carbons (Fsp3) is 0.438. The summed E-state index contributed by atoms with van der Waals surface area (Å²) in [5, 5.41) is 7.47. The zero-order valence-electron chi connectivity index (χ0n) is 13.6. The highest BCUT2D eigenvalue weighted by molar-refractivity contribution is 5.96. The van der Waals surface area contributed by atoms with E-state index in [2.05, 4.69) is 16.0 Å². The van der Waals surface area contributed by atoms with Crippen LogP contribution < -0.4 is 16.0 Å². The van der Waals surface area contributed by atoms with Crippen LogP contribution in [0.15, 0.2) is 18.2 Å². The third-order valence-electron chi connectivity index (χ3n) is 3.23. The van der Waals surface area contributed by atoms with Gasteiger partial charge >= 0.3 is 0 Å². The Bertz CT molecular complexity index is 588. The van der Waals surface area contributed by atoms with Crippen LogP contribution in [-0.2, 0) is 9.59 Å². The molecule has 0 aromatic heterocycles. The van der Waals surface area contributed by atoms with Gasteiger partial charge in [-0.05, 0) is 25.5 Å². The first-order valence-corrected chi connectivity index (χ1v) is 7.62. The van der Waals surface area contributed by atoms with Gasteiger partial charge < -0.3 is 16.0 Å². The van der Waals surface area contributed by atoms with Crippen molar-refractivity contribution in [3.63, 3.8) is 0 Å². The zero-order chi connectivity index (χ0) is 18.1. The van der Waals surface area contributed by atoms with E-state index in [-0.39, 0.29) is 37.0 Å². The average molecular weight is 341 g/mol. The first-order valence-electron chi connectivity index (χ1n) is 7.62. The second kappa shape index (κ2) is 9.59. The van der Waals surface area contributed by atoms with Crippen LogP contribution in [0.5, 0.6) is 0 Å². The number of hydrogen-bond donors (Lipinski definition) is 3. The topological polar surface area (TPSA) is 87.3 Å². The summed E-state index contributed by atoms with van der Waals surface area (Å²) in [6.07, 6.45) is 0.934. The number of carbonyl (C=O) groups excluding carboxylic acids is 3. The Morgan fingerprint density at radius 3 is 2.25 bits per heavy atom. The molecule has 0 bridgehead atoms. The van der Waals surface area contributed by atoms with Gasteiger partial charge in [0.2, 0.25) is 11.8 Å². The molecule has 0 spiro atoms. The van der Waals surface area contributed by atoms with E-state index in [1.54, 1.807) is 0 Å². The first kappa shape index (κ1) is 19.5. The van der Waals surface area contributed by atoms with Gasteiger partial charge in [0.15, 0.2) is 0 Å². The van der Waals surface area contributed by atoms with Gasteiger partial charge in [0, 0.05) is 30.6 Å². The van der Waals surface area contributed by atoms with Crippen molar-refractivity contribution in [1.29, 1.82) is 0 Å². The van der Waals surface area contributed by atoms with Crippen LogP contribution >= 0.6 is 0 Å². The minimum atomic E-state index is -0.878. The normalized spacial score (nSPS) is 11.5. The lowest BCUT2D eigenvalue weighted by atomic mass is 10.2. The summed E-state index contributed by atoms with van der Waals surface area (Å²) in [6, 6.07) is 2.46. The maximum Gasteiger partial charge on any atom is 0.251 e. The molecule has 24 heavy (non-hydrogen) atoms. The number of benzene rings is 1. The van der Waals surface area contributed by atoms with Crippen LogP contribution in [0.25, 0.3) is 0 Å². The van der Waals surface area contributed by atoms with E-state index >= 15 is 0 Å². The lowest BCUT2D eigenvalue weighted by molar-refractivity contribution is -0.122. The Morgan fingerprint density at radius 2 is 1.67 bits per heavy atom. The summed E-state index contributed by atoms with van der Waals surface area (Å²) in [5.41, 5.74) is -0.215. The molecule has 3 N–H and O–H groups in total. The maximum atomic E-state index is 13.0. The predicted molar refractivity (Wildman–Crippen MR) is 84.2 cm³/mol. The Labute approximate surface area is 139 Å². The summed E-state index contributed by atoms with van der Waals surface area (Å²) >= 11 is 0. The number of halogens is 2. The SMILES string of the molecule is CC[C@@H](C)NC(=O)CCNC(=O)CNC(=O)c1cc(F)cc(F)c1. The molecule has 1 aromatic carbocycles. The number of carbonyl (C=O) groups is 3. The van der Waals surface area contributed by atoms with Crippen molar-refractivity contribution >= 4 is 17.7 Å². The summed E-state index contributed by atoms with van der Waals surface area (Å²) in [5.74, 6) is -3.20. The molecule has 0 heterocycles. The summed E-state index contributed by atoms with van der Waals surface area (Å²) < 4.78 is 26.0. The fourth-order valence-electron chi connectivity index (χ4n) is 1.77. The molecule has 132 valence electrons. The van der Waals surface area contributed by atoms with E-state index in [0.717, 1.165) is 18.6 Å². The molecule has 1 atom stereocenters. The van der Waals surface area contributed by atoms with E-state index in [0.29, 0.717) is 6.07 Å². The highest BCUT2D eigenvalue weighted by Crippen LogP contribution is 2.07. The number of rotatable bonds is 8. The molecule has 3 amide bonds. The average Bonchev–Trinajstić information content (AvgIpc) is 2.51. The molecule has 0 aliphatic carbocycles. The number of nitrogens with one attached hydrogen (secondary N) is 3. The van der Waals surface area contributed by atoms with Crippen molar-refractivity contribution in [3.05, 3.63) is 35.4 Å². The Hall–Kier alpha value is -2.51. The largest absolute Gasteiger partial charge is 0.354 e. The Kier molecular flexibility index (Phi) is 7.81. The van der Waals surface area contributed by atoms with Crippen LogP contribution in [0, 0.1) is 11.6 Å². The lowest BCUT2D eigenvalue weighted by Gasteiger charge is -2.11. The third kappa shape index (κ3) is 7.17. The fourth-order valence-corrected chi connectivity index (χ4v) is 1.77.